The summed E-state index contributed by atoms with van der Waals surface area (Å²) in [5, 5.41) is 10.2. The van der Waals surface area contributed by atoms with E-state index in [1.165, 1.54) is 0 Å². The molecule has 1 aliphatic rings. The molecule has 1 aliphatic heterocycles. The molecular formula is C13H18O3. The Morgan fingerprint density at radius 2 is 1.50 bits per heavy atom. The molecule has 0 bridgehead atoms. The summed E-state index contributed by atoms with van der Waals surface area (Å²) in [4.78, 5) is 10.5. The molecule has 2 rings (SSSR count). The van der Waals surface area contributed by atoms with E-state index in [0.717, 1.165) is 5.56 Å². The van der Waals surface area contributed by atoms with Gasteiger partial charge in [-0.2, -0.15) is 4.89 Å². The summed E-state index contributed by atoms with van der Waals surface area (Å²) in [6, 6.07) is 9.81. The minimum absolute atomic E-state index is 0.540. The minimum Gasteiger partial charge on any atom is -0.363 e. The van der Waals surface area contributed by atoms with Gasteiger partial charge < -0.3 is 5.11 Å². The van der Waals surface area contributed by atoms with Gasteiger partial charge in [0.1, 0.15) is 5.60 Å². The van der Waals surface area contributed by atoms with Crippen LogP contribution in [0.4, 0.5) is 0 Å². The molecule has 0 aliphatic carbocycles. The van der Waals surface area contributed by atoms with E-state index < -0.39 is 16.8 Å². The molecule has 1 N–H and O–H groups in total. The summed E-state index contributed by atoms with van der Waals surface area (Å²) in [5.74, 6) is -1.29. The Labute approximate surface area is 95.9 Å². The zero-order chi connectivity index (χ0) is 12.0. The normalized spacial score (nSPS) is 37.6. The van der Waals surface area contributed by atoms with Crippen molar-refractivity contribution in [3.05, 3.63) is 35.9 Å². The van der Waals surface area contributed by atoms with Crippen LogP contribution in [0.15, 0.2) is 30.3 Å². The van der Waals surface area contributed by atoms with Gasteiger partial charge in [0.05, 0.1) is 5.41 Å². The van der Waals surface area contributed by atoms with Crippen molar-refractivity contribution in [2.75, 3.05) is 0 Å². The maximum absolute atomic E-state index is 10.2. The lowest BCUT2D eigenvalue weighted by atomic mass is 9.68. The third kappa shape index (κ3) is 1.32. The monoisotopic (exact) mass is 222 g/mol. The summed E-state index contributed by atoms with van der Waals surface area (Å²) in [6.07, 6.45) is 0. The van der Waals surface area contributed by atoms with E-state index in [-0.39, 0.29) is 0 Å². The molecule has 1 aromatic rings. The summed E-state index contributed by atoms with van der Waals surface area (Å²) in [6.45, 7) is 7.44. The fourth-order valence-corrected chi connectivity index (χ4v) is 1.98. The predicted molar refractivity (Wildman–Crippen MR) is 60.4 cm³/mol. The van der Waals surface area contributed by atoms with Crippen molar-refractivity contribution >= 4 is 0 Å². The topological polar surface area (TPSA) is 38.7 Å². The second kappa shape index (κ2) is 3.29. The number of aliphatic hydroxyl groups is 1. The first kappa shape index (κ1) is 11.6. The average Bonchev–Trinajstić information content (AvgIpc) is 2.41. The smallest absolute Gasteiger partial charge is 0.204 e. The highest BCUT2D eigenvalue weighted by molar-refractivity contribution is 5.26. The molecule has 3 heteroatoms. The largest absolute Gasteiger partial charge is 0.363 e. The van der Waals surface area contributed by atoms with Crippen LogP contribution in [0.2, 0.25) is 0 Å². The molecule has 0 radical (unpaired) electrons. The van der Waals surface area contributed by atoms with Gasteiger partial charge in [-0.15, -0.1) is 0 Å². The van der Waals surface area contributed by atoms with E-state index in [2.05, 4.69) is 0 Å². The van der Waals surface area contributed by atoms with Crippen LogP contribution in [0, 0.1) is 5.41 Å². The fourth-order valence-electron chi connectivity index (χ4n) is 1.98. The van der Waals surface area contributed by atoms with E-state index in [1.807, 2.05) is 51.1 Å². The van der Waals surface area contributed by atoms with Crippen molar-refractivity contribution in [2.24, 2.45) is 5.41 Å². The number of benzene rings is 1. The molecule has 88 valence electrons. The fraction of sp³-hybridized carbons (Fsp3) is 0.538. The number of hydrogen-bond acceptors (Lipinski definition) is 3. The molecule has 0 saturated carbocycles. The predicted octanol–water partition coefficient (Wildman–Crippen LogP) is 2.60. The Morgan fingerprint density at radius 1 is 0.938 bits per heavy atom. The Bertz CT molecular complexity index is 383. The van der Waals surface area contributed by atoms with Crippen LogP contribution >= 0.6 is 0 Å². The first-order valence-electron chi connectivity index (χ1n) is 5.46. The van der Waals surface area contributed by atoms with Gasteiger partial charge in [0.25, 0.3) is 0 Å². The van der Waals surface area contributed by atoms with Crippen LogP contribution in [0.25, 0.3) is 0 Å². The highest BCUT2D eigenvalue weighted by Gasteiger charge is 2.62. The lowest BCUT2D eigenvalue weighted by Gasteiger charge is -2.38. The second-order valence-corrected chi connectivity index (χ2v) is 5.17. The van der Waals surface area contributed by atoms with Gasteiger partial charge in [-0.05, 0) is 19.4 Å². The first-order valence-corrected chi connectivity index (χ1v) is 5.46. The molecule has 2 atom stereocenters. The Morgan fingerprint density at radius 3 is 1.94 bits per heavy atom. The standard InChI is InChI=1S/C13H18O3/c1-11(2)12(3,15-16-13(11,4)14)10-8-6-5-7-9-10/h5-9,14H,1-4H3/t12-,13+/m1/s1. The summed E-state index contributed by atoms with van der Waals surface area (Å²) < 4.78 is 0. The van der Waals surface area contributed by atoms with E-state index in [4.69, 9.17) is 9.78 Å². The Kier molecular flexibility index (Phi) is 2.38. The first-order chi connectivity index (χ1) is 7.31. The van der Waals surface area contributed by atoms with E-state index in [0.29, 0.717) is 0 Å². The van der Waals surface area contributed by atoms with Crippen molar-refractivity contribution in [1.82, 2.24) is 0 Å². The van der Waals surface area contributed by atoms with Crippen molar-refractivity contribution in [3.8, 4) is 0 Å². The van der Waals surface area contributed by atoms with Gasteiger partial charge in [-0.3, -0.25) is 0 Å². The SMILES string of the molecule is CC1(C)[C@@](C)(O)OO[C@]1(C)c1ccccc1. The van der Waals surface area contributed by atoms with Gasteiger partial charge in [-0.1, -0.05) is 44.2 Å². The molecule has 0 aromatic heterocycles. The lowest BCUT2D eigenvalue weighted by molar-refractivity contribution is -0.390. The summed E-state index contributed by atoms with van der Waals surface area (Å²) >= 11 is 0. The van der Waals surface area contributed by atoms with Crippen LogP contribution in [-0.2, 0) is 15.4 Å². The zero-order valence-corrected chi connectivity index (χ0v) is 10.2. The van der Waals surface area contributed by atoms with E-state index in [1.54, 1.807) is 6.92 Å². The number of hydrogen-bond donors (Lipinski definition) is 1. The third-order valence-corrected chi connectivity index (χ3v) is 4.05. The minimum atomic E-state index is -1.29. The van der Waals surface area contributed by atoms with Gasteiger partial charge in [0, 0.05) is 0 Å². The van der Waals surface area contributed by atoms with Crippen molar-refractivity contribution < 1.29 is 14.9 Å². The Balaban J connectivity index is 2.49. The second-order valence-electron chi connectivity index (χ2n) is 5.17. The molecule has 0 amide bonds. The van der Waals surface area contributed by atoms with Crippen LogP contribution in [0.5, 0.6) is 0 Å². The summed E-state index contributed by atoms with van der Waals surface area (Å²) in [5.41, 5.74) is -0.197. The quantitative estimate of drug-likeness (QED) is 0.742. The summed E-state index contributed by atoms with van der Waals surface area (Å²) in [7, 11) is 0. The van der Waals surface area contributed by atoms with Gasteiger partial charge in [-0.25, -0.2) is 4.89 Å². The van der Waals surface area contributed by atoms with Gasteiger partial charge in [0.15, 0.2) is 0 Å². The Hall–Kier alpha value is -0.900. The molecule has 0 unspecified atom stereocenters. The van der Waals surface area contributed by atoms with Gasteiger partial charge in [0.2, 0.25) is 5.79 Å². The molecule has 1 fully saturated rings. The zero-order valence-electron chi connectivity index (χ0n) is 10.2. The van der Waals surface area contributed by atoms with Crippen molar-refractivity contribution in [2.45, 2.75) is 39.1 Å². The number of rotatable bonds is 1. The highest BCUT2D eigenvalue weighted by Crippen LogP contribution is 2.55. The average molecular weight is 222 g/mol. The maximum Gasteiger partial charge on any atom is 0.204 e. The molecule has 0 spiro atoms. The maximum atomic E-state index is 10.2. The van der Waals surface area contributed by atoms with Crippen LogP contribution < -0.4 is 0 Å². The molecule has 1 heterocycles. The van der Waals surface area contributed by atoms with Crippen LogP contribution in [0.3, 0.4) is 0 Å². The van der Waals surface area contributed by atoms with Crippen molar-refractivity contribution in [3.63, 3.8) is 0 Å². The molecule has 3 nitrogen and oxygen atoms in total. The van der Waals surface area contributed by atoms with Crippen molar-refractivity contribution in [1.29, 1.82) is 0 Å². The lowest BCUT2D eigenvalue weighted by Crippen LogP contribution is -2.47. The van der Waals surface area contributed by atoms with E-state index >= 15 is 0 Å². The molecular weight excluding hydrogens is 204 g/mol. The molecule has 1 saturated heterocycles. The van der Waals surface area contributed by atoms with Gasteiger partial charge >= 0.3 is 0 Å². The van der Waals surface area contributed by atoms with E-state index in [9.17, 15) is 5.11 Å². The third-order valence-electron chi connectivity index (χ3n) is 4.05. The molecule has 1 aromatic carbocycles. The highest BCUT2D eigenvalue weighted by atomic mass is 17.2. The van der Waals surface area contributed by atoms with Crippen LogP contribution in [0.1, 0.15) is 33.3 Å². The van der Waals surface area contributed by atoms with Crippen LogP contribution in [-0.4, -0.2) is 10.9 Å². The molecule has 16 heavy (non-hydrogen) atoms.